The molecule has 0 radical (unpaired) electrons. The molecule has 0 heterocycles. The first-order chi connectivity index (χ1) is 7.95. The van der Waals surface area contributed by atoms with Crippen molar-refractivity contribution in [3.8, 4) is 0 Å². The average molecular weight is 259 g/mol. The van der Waals surface area contributed by atoms with E-state index in [1.54, 1.807) is 6.07 Å². The molecule has 0 atom stereocenters. The molecule has 5 N–H and O–H groups in total. The zero-order valence-corrected chi connectivity index (χ0v) is 10.5. The van der Waals surface area contributed by atoms with Gasteiger partial charge >= 0.3 is 0 Å². The smallest absolute Gasteiger partial charge is 0.240 e. The van der Waals surface area contributed by atoms with E-state index in [4.69, 9.17) is 15.6 Å². The molecule has 1 rings (SSSR count). The van der Waals surface area contributed by atoms with Gasteiger partial charge in [0.15, 0.2) is 0 Å². The molecular weight excluding hydrogens is 242 g/mol. The molecule has 0 aliphatic rings. The zero-order chi connectivity index (χ0) is 12.9. The van der Waals surface area contributed by atoms with Gasteiger partial charge in [-0.15, -0.1) is 0 Å². The highest BCUT2D eigenvalue weighted by molar-refractivity contribution is 7.89. The van der Waals surface area contributed by atoms with E-state index in [9.17, 15) is 8.42 Å². The van der Waals surface area contributed by atoms with Crippen LogP contribution in [-0.2, 0) is 14.8 Å². The number of ether oxygens (including phenoxy) is 1. The van der Waals surface area contributed by atoms with E-state index < -0.39 is 10.0 Å². The maximum absolute atomic E-state index is 11.1. The van der Waals surface area contributed by atoms with Gasteiger partial charge in [-0.05, 0) is 25.1 Å². The molecule has 0 fully saturated rings. The highest BCUT2D eigenvalue weighted by Crippen LogP contribution is 2.21. The van der Waals surface area contributed by atoms with Crippen LogP contribution in [0.1, 0.15) is 6.92 Å². The zero-order valence-electron chi connectivity index (χ0n) is 9.64. The number of hydrogen-bond donors (Lipinski definition) is 3. The molecule has 0 aliphatic carbocycles. The Morgan fingerprint density at radius 1 is 1.41 bits per heavy atom. The van der Waals surface area contributed by atoms with E-state index in [0.717, 1.165) is 5.69 Å². The number of primary sulfonamides is 1. The summed E-state index contributed by atoms with van der Waals surface area (Å²) in [5, 5.41) is 8.06. The van der Waals surface area contributed by atoms with E-state index >= 15 is 0 Å². The second kappa shape index (κ2) is 5.85. The van der Waals surface area contributed by atoms with Gasteiger partial charge in [-0.2, -0.15) is 0 Å². The molecule has 0 saturated heterocycles. The fourth-order valence-corrected chi connectivity index (χ4v) is 1.97. The fraction of sp³-hybridized carbons (Fsp3) is 0.400. The molecule has 0 spiro atoms. The van der Waals surface area contributed by atoms with Crippen LogP contribution in [0.4, 0.5) is 11.4 Å². The third kappa shape index (κ3) is 4.22. The molecule has 0 amide bonds. The normalized spacial score (nSPS) is 11.4. The van der Waals surface area contributed by atoms with Gasteiger partial charge in [0, 0.05) is 18.8 Å². The molecular formula is C10H17N3O3S. The van der Waals surface area contributed by atoms with E-state index in [1.807, 2.05) is 6.92 Å². The number of nitrogens with one attached hydrogen (secondary N) is 1. The van der Waals surface area contributed by atoms with Crippen molar-refractivity contribution < 1.29 is 13.2 Å². The minimum atomic E-state index is -3.76. The van der Waals surface area contributed by atoms with E-state index in [-0.39, 0.29) is 10.6 Å². The molecule has 0 aliphatic heterocycles. The summed E-state index contributed by atoms with van der Waals surface area (Å²) in [4.78, 5) is -0.0622. The summed E-state index contributed by atoms with van der Waals surface area (Å²) in [5.41, 5.74) is 6.47. The first-order valence-electron chi connectivity index (χ1n) is 5.19. The quantitative estimate of drug-likeness (QED) is 0.505. The Kier molecular flexibility index (Phi) is 4.73. The van der Waals surface area contributed by atoms with Crippen LogP contribution < -0.4 is 16.2 Å². The second-order valence-electron chi connectivity index (χ2n) is 3.42. The number of nitrogen functional groups attached to an aromatic ring is 1. The van der Waals surface area contributed by atoms with Gasteiger partial charge in [-0.1, -0.05) is 0 Å². The van der Waals surface area contributed by atoms with Gasteiger partial charge in [0.05, 0.1) is 12.3 Å². The number of rotatable bonds is 6. The van der Waals surface area contributed by atoms with Crippen LogP contribution in [0.3, 0.4) is 0 Å². The van der Waals surface area contributed by atoms with Crippen molar-refractivity contribution in [1.29, 1.82) is 0 Å². The Balaban J connectivity index is 2.70. The van der Waals surface area contributed by atoms with Crippen molar-refractivity contribution in [3.05, 3.63) is 18.2 Å². The minimum Gasteiger partial charge on any atom is -0.398 e. The summed E-state index contributed by atoms with van der Waals surface area (Å²) in [6, 6.07) is 4.53. The van der Waals surface area contributed by atoms with E-state index in [1.165, 1.54) is 12.1 Å². The maximum atomic E-state index is 11.1. The second-order valence-corrected chi connectivity index (χ2v) is 4.95. The molecule has 96 valence electrons. The van der Waals surface area contributed by atoms with Crippen LogP contribution >= 0.6 is 0 Å². The molecule has 7 heteroatoms. The van der Waals surface area contributed by atoms with E-state index in [0.29, 0.717) is 19.8 Å². The van der Waals surface area contributed by atoms with Crippen LogP contribution in [-0.4, -0.2) is 28.2 Å². The Labute approximate surface area is 101 Å². The van der Waals surface area contributed by atoms with Crippen LogP contribution in [0.2, 0.25) is 0 Å². The number of benzene rings is 1. The highest BCUT2D eigenvalue weighted by atomic mass is 32.2. The van der Waals surface area contributed by atoms with Crippen molar-refractivity contribution in [1.82, 2.24) is 0 Å². The van der Waals surface area contributed by atoms with Crippen molar-refractivity contribution in [2.75, 3.05) is 30.8 Å². The van der Waals surface area contributed by atoms with Crippen LogP contribution in [0.15, 0.2) is 23.1 Å². The highest BCUT2D eigenvalue weighted by Gasteiger charge is 2.11. The minimum absolute atomic E-state index is 0.0622. The van der Waals surface area contributed by atoms with Gasteiger partial charge in [-0.25, -0.2) is 13.6 Å². The largest absolute Gasteiger partial charge is 0.398 e. The Morgan fingerprint density at radius 3 is 2.65 bits per heavy atom. The summed E-state index contributed by atoms with van der Waals surface area (Å²) in [6.45, 7) is 3.78. The Hall–Kier alpha value is -1.31. The lowest BCUT2D eigenvalue weighted by Gasteiger charge is -2.09. The first-order valence-corrected chi connectivity index (χ1v) is 6.73. The fourth-order valence-electron chi connectivity index (χ4n) is 1.33. The van der Waals surface area contributed by atoms with Crippen LogP contribution in [0.5, 0.6) is 0 Å². The summed E-state index contributed by atoms with van der Waals surface area (Å²) in [7, 11) is -3.76. The van der Waals surface area contributed by atoms with Gasteiger partial charge in [0.2, 0.25) is 10.0 Å². The van der Waals surface area contributed by atoms with Gasteiger partial charge in [0.1, 0.15) is 4.90 Å². The van der Waals surface area contributed by atoms with E-state index in [2.05, 4.69) is 5.32 Å². The van der Waals surface area contributed by atoms with Crippen molar-refractivity contribution in [2.24, 2.45) is 5.14 Å². The summed E-state index contributed by atoms with van der Waals surface area (Å²) in [5.74, 6) is 0. The average Bonchev–Trinajstić information content (AvgIpc) is 2.23. The summed E-state index contributed by atoms with van der Waals surface area (Å²) >= 11 is 0. The molecule has 17 heavy (non-hydrogen) atoms. The maximum Gasteiger partial charge on any atom is 0.240 e. The lowest BCUT2D eigenvalue weighted by atomic mass is 10.3. The lowest BCUT2D eigenvalue weighted by molar-refractivity contribution is 0.158. The topological polar surface area (TPSA) is 107 Å². The predicted molar refractivity (Wildman–Crippen MR) is 67.2 cm³/mol. The number of hydrogen-bond acceptors (Lipinski definition) is 5. The summed E-state index contributed by atoms with van der Waals surface area (Å²) < 4.78 is 27.4. The number of nitrogens with two attached hydrogens (primary N) is 2. The third-order valence-corrected chi connectivity index (χ3v) is 3.08. The third-order valence-electron chi connectivity index (χ3n) is 2.10. The number of sulfonamides is 1. The standard InChI is InChI=1S/C10H17N3O3S/c1-2-16-6-5-13-8-3-4-10(9(11)7-8)17(12,14)15/h3-4,7,13H,2,5-6,11H2,1H3,(H2,12,14,15). The van der Waals surface area contributed by atoms with Gasteiger partial charge < -0.3 is 15.8 Å². The summed E-state index contributed by atoms with van der Waals surface area (Å²) in [6.07, 6.45) is 0. The van der Waals surface area contributed by atoms with Crippen molar-refractivity contribution in [2.45, 2.75) is 11.8 Å². The molecule has 1 aromatic carbocycles. The SMILES string of the molecule is CCOCCNc1ccc(S(N)(=O)=O)c(N)c1. The molecule has 0 saturated carbocycles. The monoisotopic (exact) mass is 259 g/mol. The predicted octanol–water partition coefficient (Wildman–Crippen LogP) is 0.365. The molecule has 6 nitrogen and oxygen atoms in total. The first kappa shape index (κ1) is 13.8. The Morgan fingerprint density at radius 2 is 2.12 bits per heavy atom. The molecule has 0 unspecified atom stereocenters. The van der Waals surface area contributed by atoms with Gasteiger partial charge in [0.25, 0.3) is 0 Å². The van der Waals surface area contributed by atoms with Gasteiger partial charge in [-0.3, -0.25) is 0 Å². The molecule has 0 bridgehead atoms. The molecule has 1 aromatic rings. The van der Waals surface area contributed by atoms with Crippen molar-refractivity contribution >= 4 is 21.4 Å². The van der Waals surface area contributed by atoms with Crippen LogP contribution in [0, 0.1) is 0 Å². The van der Waals surface area contributed by atoms with Crippen LogP contribution in [0.25, 0.3) is 0 Å². The Bertz CT molecular complexity index is 474. The molecule has 0 aromatic heterocycles. The lowest BCUT2D eigenvalue weighted by Crippen LogP contribution is -2.15. The van der Waals surface area contributed by atoms with Crippen molar-refractivity contribution in [3.63, 3.8) is 0 Å². The number of anilines is 2.